The minimum atomic E-state index is -3.38. The quantitative estimate of drug-likeness (QED) is 0.715. The fourth-order valence-corrected chi connectivity index (χ4v) is 3.53. The fraction of sp³-hybridized carbons (Fsp3) is 0.526. The summed E-state index contributed by atoms with van der Waals surface area (Å²) in [6.45, 7) is 8.04. The topological polar surface area (TPSA) is 75.4 Å². The summed E-state index contributed by atoms with van der Waals surface area (Å²) in [5, 5.41) is 0. The van der Waals surface area contributed by atoms with Crippen LogP contribution in [0.15, 0.2) is 28.7 Å². The standard InChI is InChI=1S/C19H29N3O3S/c1-6-15(7-2)12-22(4)13-18-14(3)25-19(20-18)16-10-8-9-11-17(16)21-26(5,23)24/h8-11,15,21H,6-7,12-13H2,1-5H3. The van der Waals surface area contributed by atoms with Gasteiger partial charge in [-0.2, -0.15) is 0 Å². The molecule has 1 N–H and O–H groups in total. The molecule has 0 radical (unpaired) electrons. The molecule has 0 saturated carbocycles. The lowest BCUT2D eigenvalue weighted by Crippen LogP contribution is -2.25. The molecule has 144 valence electrons. The van der Waals surface area contributed by atoms with Crippen LogP contribution in [0, 0.1) is 12.8 Å². The summed E-state index contributed by atoms with van der Waals surface area (Å²) < 4.78 is 31.5. The number of rotatable bonds is 9. The Morgan fingerprint density at radius 1 is 1.23 bits per heavy atom. The Balaban J connectivity index is 2.23. The highest BCUT2D eigenvalue weighted by molar-refractivity contribution is 7.92. The number of hydrogen-bond acceptors (Lipinski definition) is 5. The lowest BCUT2D eigenvalue weighted by atomic mass is 10.0. The lowest BCUT2D eigenvalue weighted by Gasteiger charge is -2.21. The molecule has 0 fully saturated rings. The van der Waals surface area contributed by atoms with E-state index in [1.165, 1.54) is 0 Å². The first-order chi connectivity index (χ1) is 12.2. The Kier molecular flexibility index (Phi) is 6.83. The molecule has 0 spiro atoms. The third-order valence-corrected chi connectivity index (χ3v) is 5.08. The second-order valence-corrected chi connectivity index (χ2v) is 8.57. The third-order valence-electron chi connectivity index (χ3n) is 4.49. The number of oxazole rings is 1. The zero-order chi connectivity index (χ0) is 19.3. The predicted octanol–water partition coefficient (Wildman–Crippen LogP) is 3.89. The number of aryl methyl sites for hydroxylation is 1. The van der Waals surface area contributed by atoms with Crippen LogP contribution < -0.4 is 4.72 Å². The maximum absolute atomic E-state index is 11.6. The molecule has 1 aromatic carbocycles. The second-order valence-electron chi connectivity index (χ2n) is 6.82. The molecular weight excluding hydrogens is 350 g/mol. The van der Waals surface area contributed by atoms with Gasteiger partial charge in [-0.3, -0.25) is 4.72 Å². The summed E-state index contributed by atoms with van der Waals surface area (Å²) in [5.74, 6) is 1.86. The fourth-order valence-electron chi connectivity index (χ4n) is 2.96. The van der Waals surface area contributed by atoms with E-state index >= 15 is 0 Å². The summed E-state index contributed by atoms with van der Waals surface area (Å²) in [5.41, 5.74) is 1.98. The smallest absolute Gasteiger partial charge is 0.229 e. The summed E-state index contributed by atoms with van der Waals surface area (Å²) in [7, 11) is -1.29. The first-order valence-corrected chi connectivity index (χ1v) is 10.8. The van der Waals surface area contributed by atoms with E-state index in [4.69, 9.17) is 4.42 Å². The highest BCUT2D eigenvalue weighted by Crippen LogP contribution is 2.29. The first kappa shape index (κ1) is 20.5. The minimum Gasteiger partial charge on any atom is -0.441 e. The van der Waals surface area contributed by atoms with E-state index < -0.39 is 10.0 Å². The molecule has 1 heterocycles. The van der Waals surface area contributed by atoms with Crippen molar-refractivity contribution in [2.24, 2.45) is 5.92 Å². The van der Waals surface area contributed by atoms with Crippen molar-refractivity contribution in [3.8, 4) is 11.5 Å². The summed E-state index contributed by atoms with van der Waals surface area (Å²) >= 11 is 0. The van der Waals surface area contributed by atoms with Crippen LogP contribution in [0.5, 0.6) is 0 Å². The van der Waals surface area contributed by atoms with Crippen LogP contribution in [0.3, 0.4) is 0 Å². The van der Waals surface area contributed by atoms with Crippen LogP contribution in [-0.2, 0) is 16.6 Å². The molecule has 0 amide bonds. The van der Waals surface area contributed by atoms with Crippen LogP contribution in [0.2, 0.25) is 0 Å². The number of anilines is 1. The Hall–Kier alpha value is -1.86. The highest BCUT2D eigenvalue weighted by atomic mass is 32.2. The molecule has 0 bridgehead atoms. The van der Waals surface area contributed by atoms with E-state index in [0.717, 1.165) is 37.1 Å². The van der Waals surface area contributed by atoms with E-state index in [2.05, 4.69) is 35.5 Å². The number of sulfonamides is 1. The van der Waals surface area contributed by atoms with Crippen LogP contribution in [0.25, 0.3) is 11.5 Å². The molecule has 2 aromatic rings. The van der Waals surface area contributed by atoms with E-state index in [1.807, 2.05) is 13.0 Å². The Bertz CT molecular complexity index is 826. The monoisotopic (exact) mass is 379 g/mol. The zero-order valence-corrected chi connectivity index (χ0v) is 17.1. The van der Waals surface area contributed by atoms with Crippen molar-refractivity contribution in [3.05, 3.63) is 35.7 Å². The Morgan fingerprint density at radius 2 is 1.88 bits per heavy atom. The summed E-state index contributed by atoms with van der Waals surface area (Å²) in [4.78, 5) is 6.88. The molecule has 26 heavy (non-hydrogen) atoms. The zero-order valence-electron chi connectivity index (χ0n) is 16.2. The van der Waals surface area contributed by atoms with Crippen molar-refractivity contribution >= 4 is 15.7 Å². The molecule has 1 aromatic heterocycles. The van der Waals surface area contributed by atoms with Gasteiger partial charge in [0.1, 0.15) is 5.76 Å². The van der Waals surface area contributed by atoms with Crippen molar-refractivity contribution in [2.45, 2.75) is 40.2 Å². The number of nitrogens with one attached hydrogen (secondary N) is 1. The average Bonchev–Trinajstić information content (AvgIpc) is 2.92. The first-order valence-electron chi connectivity index (χ1n) is 8.95. The van der Waals surface area contributed by atoms with Crippen molar-refractivity contribution in [1.29, 1.82) is 0 Å². The number of nitrogens with zero attached hydrogens (tertiary/aromatic N) is 2. The Morgan fingerprint density at radius 3 is 2.50 bits per heavy atom. The van der Waals surface area contributed by atoms with Crippen LogP contribution in [0.4, 0.5) is 5.69 Å². The molecule has 6 nitrogen and oxygen atoms in total. The molecule has 0 atom stereocenters. The molecule has 0 aliphatic rings. The van der Waals surface area contributed by atoms with Crippen molar-refractivity contribution < 1.29 is 12.8 Å². The van der Waals surface area contributed by atoms with Crippen LogP contribution in [0.1, 0.15) is 38.1 Å². The van der Waals surface area contributed by atoms with Gasteiger partial charge < -0.3 is 9.32 Å². The van der Waals surface area contributed by atoms with Gasteiger partial charge in [-0.1, -0.05) is 38.8 Å². The number of hydrogen-bond donors (Lipinski definition) is 1. The number of aromatic nitrogens is 1. The van der Waals surface area contributed by atoms with Gasteiger partial charge in [0, 0.05) is 13.1 Å². The van der Waals surface area contributed by atoms with Gasteiger partial charge in [0.2, 0.25) is 15.9 Å². The molecule has 0 saturated heterocycles. The van der Waals surface area contributed by atoms with Crippen molar-refractivity contribution in [2.75, 3.05) is 24.6 Å². The van der Waals surface area contributed by atoms with Crippen molar-refractivity contribution in [1.82, 2.24) is 9.88 Å². The van der Waals surface area contributed by atoms with E-state index in [9.17, 15) is 8.42 Å². The van der Waals surface area contributed by atoms with Gasteiger partial charge in [0.05, 0.1) is 23.2 Å². The maximum atomic E-state index is 11.6. The SMILES string of the molecule is CCC(CC)CN(C)Cc1nc(-c2ccccc2NS(C)(=O)=O)oc1C. The molecule has 0 aliphatic heterocycles. The van der Waals surface area contributed by atoms with E-state index in [0.29, 0.717) is 29.6 Å². The summed E-state index contributed by atoms with van der Waals surface area (Å²) in [6.07, 6.45) is 3.45. The van der Waals surface area contributed by atoms with Gasteiger partial charge in [0.15, 0.2) is 0 Å². The van der Waals surface area contributed by atoms with Gasteiger partial charge in [0.25, 0.3) is 0 Å². The van der Waals surface area contributed by atoms with Crippen LogP contribution in [-0.4, -0.2) is 38.1 Å². The molecule has 0 aliphatic carbocycles. The molecule has 2 rings (SSSR count). The molecule has 0 unspecified atom stereocenters. The maximum Gasteiger partial charge on any atom is 0.229 e. The van der Waals surface area contributed by atoms with Gasteiger partial charge >= 0.3 is 0 Å². The predicted molar refractivity (Wildman–Crippen MR) is 106 cm³/mol. The second kappa shape index (κ2) is 8.68. The Labute approximate surface area is 156 Å². The number of para-hydroxylation sites is 1. The summed E-state index contributed by atoms with van der Waals surface area (Å²) in [6, 6.07) is 7.11. The molecular formula is C19H29N3O3S. The molecule has 7 heteroatoms. The van der Waals surface area contributed by atoms with E-state index in [-0.39, 0.29) is 0 Å². The highest BCUT2D eigenvalue weighted by Gasteiger charge is 2.18. The van der Waals surface area contributed by atoms with E-state index in [1.54, 1.807) is 18.2 Å². The minimum absolute atomic E-state index is 0.431. The normalized spacial score (nSPS) is 12.1. The average molecular weight is 380 g/mol. The van der Waals surface area contributed by atoms with Crippen molar-refractivity contribution in [3.63, 3.8) is 0 Å². The van der Waals surface area contributed by atoms with Gasteiger partial charge in [-0.15, -0.1) is 0 Å². The van der Waals surface area contributed by atoms with Gasteiger partial charge in [-0.25, -0.2) is 13.4 Å². The largest absolute Gasteiger partial charge is 0.441 e. The van der Waals surface area contributed by atoms with Crippen LogP contribution >= 0.6 is 0 Å². The third kappa shape index (κ3) is 5.57. The van der Waals surface area contributed by atoms with Gasteiger partial charge in [-0.05, 0) is 32.0 Å². The number of benzene rings is 1. The lowest BCUT2D eigenvalue weighted by molar-refractivity contribution is 0.257.